The van der Waals surface area contributed by atoms with Crippen molar-refractivity contribution in [3.05, 3.63) is 73.2 Å². The van der Waals surface area contributed by atoms with Crippen LogP contribution < -0.4 is 20.3 Å². The Bertz CT molecular complexity index is 1420. The summed E-state index contributed by atoms with van der Waals surface area (Å²) in [5.41, 5.74) is 1.85. The summed E-state index contributed by atoms with van der Waals surface area (Å²) in [6, 6.07) is 9.96. The van der Waals surface area contributed by atoms with Crippen molar-refractivity contribution >= 4 is 41.0 Å². The molecule has 5 heterocycles. The van der Waals surface area contributed by atoms with Crippen molar-refractivity contribution in [2.24, 2.45) is 0 Å². The van der Waals surface area contributed by atoms with Crippen LogP contribution in [0.4, 0.5) is 16.2 Å². The van der Waals surface area contributed by atoms with Crippen LogP contribution in [0.3, 0.4) is 0 Å². The molecule has 38 heavy (non-hydrogen) atoms. The van der Waals surface area contributed by atoms with Crippen LogP contribution in [0.15, 0.2) is 72.7 Å². The van der Waals surface area contributed by atoms with Crippen molar-refractivity contribution in [1.29, 1.82) is 0 Å². The van der Waals surface area contributed by atoms with Gasteiger partial charge >= 0.3 is 12.0 Å². The number of urea groups is 1. The molecule has 0 saturated carbocycles. The number of ether oxygens (including phenoxy) is 1. The van der Waals surface area contributed by atoms with Crippen LogP contribution in [0, 0.1) is 0 Å². The Morgan fingerprint density at radius 3 is 2.71 bits per heavy atom. The highest BCUT2D eigenvalue weighted by atomic mass is 32.2. The van der Waals surface area contributed by atoms with Crippen molar-refractivity contribution in [3.63, 3.8) is 0 Å². The highest BCUT2D eigenvalue weighted by Crippen LogP contribution is 2.50. The smallest absolute Gasteiger partial charge is 0.327 e. The molecule has 2 unspecified atom stereocenters. The average molecular weight is 530 g/mol. The first-order valence-electron chi connectivity index (χ1n) is 12.0. The summed E-state index contributed by atoms with van der Waals surface area (Å²) < 4.78 is 5.66. The number of benzene rings is 1. The highest BCUT2D eigenvalue weighted by molar-refractivity contribution is 8.01. The lowest BCUT2D eigenvalue weighted by Crippen LogP contribution is -2.50. The number of nitrogens with zero attached hydrogens (tertiary/aromatic N) is 5. The van der Waals surface area contributed by atoms with E-state index in [1.807, 2.05) is 18.2 Å². The van der Waals surface area contributed by atoms with Gasteiger partial charge in [0.05, 0.1) is 29.8 Å². The largest absolute Gasteiger partial charge is 0.424 e. The molecule has 6 rings (SSSR count). The van der Waals surface area contributed by atoms with Crippen LogP contribution in [0.1, 0.15) is 18.0 Å². The molecule has 12 heteroatoms. The lowest BCUT2D eigenvalue weighted by atomic mass is 10.00. The van der Waals surface area contributed by atoms with E-state index in [0.29, 0.717) is 41.7 Å². The zero-order valence-corrected chi connectivity index (χ0v) is 20.9. The number of carbonyl (C=O) groups is 3. The van der Waals surface area contributed by atoms with E-state index >= 15 is 0 Å². The summed E-state index contributed by atoms with van der Waals surface area (Å²) in [4.78, 5) is 54.6. The van der Waals surface area contributed by atoms with Crippen LogP contribution in [0.2, 0.25) is 0 Å². The SMILES string of the molecule is C=CC(=O)N1CCC(NC(=O)[C@@H]2Sc3nccc4c3C2NC(=O)N4c2cnc(Oc3ccccc3)nc2)C1. The predicted molar refractivity (Wildman–Crippen MR) is 139 cm³/mol. The van der Waals surface area contributed by atoms with E-state index in [1.165, 1.54) is 35.1 Å². The van der Waals surface area contributed by atoms with Gasteiger partial charge in [-0.15, -0.1) is 0 Å². The van der Waals surface area contributed by atoms with E-state index in [-0.39, 0.29) is 23.9 Å². The predicted octanol–water partition coefficient (Wildman–Crippen LogP) is 2.94. The van der Waals surface area contributed by atoms with Crippen LogP contribution in [-0.2, 0) is 9.59 Å². The first kappa shape index (κ1) is 23.9. The molecule has 0 radical (unpaired) electrons. The molecule has 0 bridgehead atoms. The number of likely N-dealkylation sites (tertiary alicyclic amines) is 1. The number of amides is 4. The minimum atomic E-state index is -0.591. The van der Waals surface area contributed by atoms with E-state index in [1.54, 1.807) is 29.3 Å². The normalized spacial score (nSPS) is 21.5. The van der Waals surface area contributed by atoms with Gasteiger partial charge in [-0.3, -0.25) is 14.5 Å². The van der Waals surface area contributed by atoms with E-state index in [0.717, 1.165) is 5.56 Å². The fraction of sp³-hybridized carbons (Fsp3) is 0.231. The third-order valence-electron chi connectivity index (χ3n) is 6.61. The first-order chi connectivity index (χ1) is 18.5. The summed E-state index contributed by atoms with van der Waals surface area (Å²) in [5.74, 6) is 0.243. The molecule has 2 aromatic heterocycles. The molecule has 3 atom stereocenters. The quantitative estimate of drug-likeness (QED) is 0.467. The fourth-order valence-corrected chi connectivity index (χ4v) is 6.08. The third kappa shape index (κ3) is 4.32. The maximum absolute atomic E-state index is 13.3. The minimum Gasteiger partial charge on any atom is -0.424 e. The Labute approximate surface area is 222 Å². The molecule has 2 N–H and O–H groups in total. The van der Waals surface area contributed by atoms with Crippen molar-refractivity contribution in [3.8, 4) is 11.8 Å². The molecule has 0 spiro atoms. The van der Waals surface area contributed by atoms with Gasteiger partial charge in [-0.1, -0.05) is 36.5 Å². The number of pyridine rings is 1. The van der Waals surface area contributed by atoms with Crippen LogP contribution in [0.25, 0.3) is 0 Å². The molecule has 0 aliphatic carbocycles. The third-order valence-corrected chi connectivity index (χ3v) is 7.90. The second kappa shape index (κ2) is 9.78. The summed E-state index contributed by atoms with van der Waals surface area (Å²) in [7, 11) is 0. The number of rotatable bonds is 6. The van der Waals surface area contributed by atoms with Crippen LogP contribution in [0.5, 0.6) is 11.8 Å². The Hall–Kier alpha value is -4.45. The molecule has 1 fully saturated rings. The summed E-state index contributed by atoms with van der Waals surface area (Å²) in [6.45, 7) is 4.51. The first-order valence-corrected chi connectivity index (χ1v) is 12.9. The number of nitrogens with one attached hydrogen (secondary N) is 2. The molecule has 3 aromatic rings. The van der Waals surface area contributed by atoms with Crippen molar-refractivity contribution < 1.29 is 19.1 Å². The van der Waals surface area contributed by atoms with Gasteiger partial charge in [0.1, 0.15) is 16.0 Å². The molecule has 1 aromatic carbocycles. The monoisotopic (exact) mass is 529 g/mol. The number of hydrogen-bond acceptors (Lipinski definition) is 8. The average Bonchev–Trinajstić information content (AvgIpc) is 3.55. The number of hydrogen-bond donors (Lipinski definition) is 2. The summed E-state index contributed by atoms with van der Waals surface area (Å²) in [6.07, 6.45) is 6.59. The number of aromatic nitrogens is 3. The van der Waals surface area contributed by atoms with E-state index in [2.05, 4.69) is 32.2 Å². The molecule has 3 aliphatic heterocycles. The van der Waals surface area contributed by atoms with Gasteiger partial charge in [0.15, 0.2) is 0 Å². The molecular formula is C26H23N7O4S. The van der Waals surface area contributed by atoms with Gasteiger partial charge in [-0.2, -0.15) is 0 Å². The Balaban J connectivity index is 1.20. The zero-order chi connectivity index (χ0) is 26.2. The number of anilines is 2. The van der Waals surface area contributed by atoms with Crippen LogP contribution in [-0.4, -0.2) is 62.1 Å². The van der Waals surface area contributed by atoms with Gasteiger partial charge < -0.3 is 20.3 Å². The maximum atomic E-state index is 13.3. The Kier molecular flexibility index (Phi) is 6.16. The lowest BCUT2D eigenvalue weighted by molar-refractivity contribution is -0.126. The van der Waals surface area contributed by atoms with Crippen molar-refractivity contribution in [2.45, 2.75) is 28.8 Å². The molecular weight excluding hydrogens is 506 g/mol. The second-order valence-corrected chi connectivity index (χ2v) is 10.1. The summed E-state index contributed by atoms with van der Waals surface area (Å²) >= 11 is 1.32. The van der Waals surface area contributed by atoms with Gasteiger partial charge in [0, 0.05) is 30.9 Å². The molecule has 4 amide bonds. The topological polar surface area (TPSA) is 130 Å². The maximum Gasteiger partial charge on any atom is 0.327 e. The highest BCUT2D eigenvalue weighted by Gasteiger charge is 2.47. The second-order valence-electron chi connectivity index (χ2n) is 8.97. The minimum absolute atomic E-state index is 0.151. The Morgan fingerprint density at radius 1 is 1.16 bits per heavy atom. The summed E-state index contributed by atoms with van der Waals surface area (Å²) in [5, 5.41) is 6.10. The standard InChI is InChI=1S/C26H23N7O4S/c1-2-19(34)32-11-9-15(14-32)30-23(35)22-21-20-18(8-10-27-24(20)38-22)33(26(36)31-21)16-12-28-25(29-13-16)37-17-6-4-3-5-7-17/h2-8,10,12-13,15,21-22H,1,9,11,14H2,(H,30,35)(H,31,36)/t15?,21?,22-/m1/s1. The van der Waals surface area contributed by atoms with E-state index < -0.39 is 17.3 Å². The Morgan fingerprint density at radius 2 is 1.95 bits per heavy atom. The zero-order valence-electron chi connectivity index (χ0n) is 20.1. The van der Waals surface area contributed by atoms with Crippen LogP contribution >= 0.6 is 11.8 Å². The molecule has 3 aliphatic rings. The molecule has 192 valence electrons. The number of para-hydroxylation sites is 1. The van der Waals surface area contributed by atoms with Crippen molar-refractivity contribution in [2.75, 3.05) is 18.0 Å². The fourth-order valence-electron chi connectivity index (χ4n) is 4.84. The molecule has 1 saturated heterocycles. The van der Waals surface area contributed by atoms with Gasteiger partial charge in [-0.25, -0.2) is 19.7 Å². The molecule has 11 nitrogen and oxygen atoms in total. The van der Waals surface area contributed by atoms with E-state index in [9.17, 15) is 14.4 Å². The van der Waals surface area contributed by atoms with Gasteiger partial charge in [-0.05, 0) is 30.7 Å². The van der Waals surface area contributed by atoms with Crippen molar-refractivity contribution in [1.82, 2.24) is 30.5 Å². The lowest BCUT2D eigenvalue weighted by Gasteiger charge is -2.34. The number of thioether (sulfide) groups is 1. The van der Waals surface area contributed by atoms with E-state index in [4.69, 9.17) is 4.74 Å². The van der Waals surface area contributed by atoms with Gasteiger partial charge in [0.2, 0.25) is 11.8 Å². The number of carbonyl (C=O) groups excluding carboxylic acids is 3. The van der Waals surface area contributed by atoms with Gasteiger partial charge in [0.25, 0.3) is 0 Å².